The van der Waals surface area contributed by atoms with Gasteiger partial charge in [0.05, 0.1) is 11.6 Å². The van der Waals surface area contributed by atoms with Gasteiger partial charge in [-0.05, 0) is 43.9 Å². The highest BCUT2D eigenvalue weighted by atomic mass is 16.4. The van der Waals surface area contributed by atoms with Crippen LogP contribution in [-0.2, 0) is 0 Å². The number of rotatable bonds is 3. The molecule has 5 nitrogen and oxygen atoms in total. The van der Waals surface area contributed by atoms with Gasteiger partial charge < -0.3 is 10.0 Å². The summed E-state index contributed by atoms with van der Waals surface area (Å²) in [6.07, 6.45) is 4.31. The van der Waals surface area contributed by atoms with Crippen molar-refractivity contribution >= 4 is 11.9 Å². The lowest BCUT2D eigenvalue weighted by atomic mass is 9.94. The number of carbonyl (C=O) groups is 2. The lowest BCUT2D eigenvalue weighted by molar-refractivity contribution is 0.0605. The third kappa shape index (κ3) is 3.30. The van der Waals surface area contributed by atoms with Crippen LogP contribution in [0.1, 0.15) is 57.3 Å². The predicted molar refractivity (Wildman–Crippen MR) is 90.0 cm³/mol. The van der Waals surface area contributed by atoms with Gasteiger partial charge in [0, 0.05) is 12.7 Å². The molecule has 3 rings (SSSR count). The second-order valence-electron chi connectivity index (χ2n) is 6.16. The Bertz CT molecular complexity index is 755. The Hall–Kier alpha value is -2.69. The SMILES string of the molecule is Cc1ccc(C2CCCCN2C(=O)c2cc(C(=O)O)ccn2)cc1. The molecule has 2 aromatic rings. The van der Waals surface area contributed by atoms with E-state index in [2.05, 4.69) is 29.2 Å². The summed E-state index contributed by atoms with van der Waals surface area (Å²) in [6.45, 7) is 2.70. The van der Waals surface area contributed by atoms with Gasteiger partial charge in [0.15, 0.2) is 0 Å². The van der Waals surface area contributed by atoms with E-state index in [4.69, 9.17) is 5.11 Å². The fourth-order valence-electron chi connectivity index (χ4n) is 3.14. The van der Waals surface area contributed by atoms with Gasteiger partial charge in [-0.2, -0.15) is 0 Å². The van der Waals surface area contributed by atoms with Gasteiger partial charge in [0.2, 0.25) is 0 Å². The highest BCUT2D eigenvalue weighted by Crippen LogP contribution is 2.32. The lowest BCUT2D eigenvalue weighted by Gasteiger charge is -2.36. The van der Waals surface area contributed by atoms with Crippen molar-refractivity contribution in [2.45, 2.75) is 32.2 Å². The van der Waals surface area contributed by atoms with Gasteiger partial charge in [-0.1, -0.05) is 29.8 Å². The fourth-order valence-corrected chi connectivity index (χ4v) is 3.14. The minimum atomic E-state index is -1.06. The van der Waals surface area contributed by atoms with Crippen LogP contribution in [-0.4, -0.2) is 33.4 Å². The van der Waals surface area contributed by atoms with Gasteiger partial charge in [0.25, 0.3) is 5.91 Å². The monoisotopic (exact) mass is 324 g/mol. The van der Waals surface area contributed by atoms with Gasteiger partial charge >= 0.3 is 5.97 Å². The van der Waals surface area contributed by atoms with E-state index >= 15 is 0 Å². The van der Waals surface area contributed by atoms with Gasteiger partial charge in [0.1, 0.15) is 5.69 Å². The number of benzene rings is 1. The number of carboxylic acid groups (broad SMARTS) is 1. The summed E-state index contributed by atoms with van der Waals surface area (Å²) in [5, 5.41) is 9.10. The molecule has 0 spiro atoms. The van der Waals surface area contributed by atoms with Crippen LogP contribution in [0.4, 0.5) is 0 Å². The normalized spacial score (nSPS) is 17.5. The van der Waals surface area contributed by atoms with E-state index in [1.807, 2.05) is 11.8 Å². The summed E-state index contributed by atoms with van der Waals surface area (Å²) in [6, 6.07) is 11.0. The number of hydrogen-bond donors (Lipinski definition) is 1. The van der Waals surface area contributed by atoms with Crippen molar-refractivity contribution in [3.8, 4) is 0 Å². The average Bonchev–Trinajstić information content (AvgIpc) is 2.62. The molecule has 1 aliphatic rings. The van der Waals surface area contributed by atoms with Gasteiger partial charge in [-0.25, -0.2) is 4.79 Å². The van der Waals surface area contributed by atoms with Crippen LogP contribution < -0.4 is 0 Å². The zero-order valence-electron chi connectivity index (χ0n) is 13.6. The maximum Gasteiger partial charge on any atom is 0.335 e. The molecule has 1 amide bonds. The largest absolute Gasteiger partial charge is 0.478 e. The van der Waals surface area contributed by atoms with Crippen LogP contribution in [0.15, 0.2) is 42.6 Å². The minimum Gasteiger partial charge on any atom is -0.478 e. The summed E-state index contributed by atoms with van der Waals surface area (Å²) in [5.41, 5.74) is 2.57. The predicted octanol–water partition coefficient (Wildman–Crippen LogP) is 3.46. The Morgan fingerprint density at radius 1 is 1.17 bits per heavy atom. The minimum absolute atomic E-state index is 0.0159. The number of hydrogen-bond acceptors (Lipinski definition) is 3. The maximum absolute atomic E-state index is 12.9. The summed E-state index contributed by atoms with van der Waals surface area (Å²) < 4.78 is 0. The van der Waals surface area contributed by atoms with E-state index in [0.29, 0.717) is 6.54 Å². The zero-order valence-corrected chi connectivity index (χ0v) is 13.6. The molecule has 1 aliphatic heterocycles. The number of carbonyl (C=O) groups excluding carboxylic acids is 1. The molecule has 5 heteroatoms. The van der Waals surface area contributed by atoms with Crippen molar-refractivity contribution in [1.82, 2.24) is 9.88 Å². The number of amides is 1. The molecule has 0 bridgehead atoms. The molecule has 0 saturated carbocycles. The zero-order chi connectivity index (χ0) is 17.1. The van der Waals surface area contributed by atoms with Crippen LogP contribution in [0.3, 0.4) is 0 Å². The fraction of sp³-hybridized carbons (Fsp3) is 0.316. The van der Waals surface area contributed by atoms with Crippen LogP contribution >= 0.6 is 0 Å². The molecule has 1 aromatic heterocycles. The van der Waals surface area contributed by atoms with E-state index in [-0.39, 0.29) is 23.2 Å². The second kappa shape index (κ2) is 6.83. The number of nitrogens with zero attached hydrogens (tertiary/aromatic N) is 2. The Kier molecular flexibility index (Phi) is 4.60. The van der Waals surface area contributed by atoms with Crippen LogP contribution in [0.25, 0.3) is 0 Å². The molecule has 1 saturated heterocycles. The molecule has 1 aromatic carbocycles. The number of piperidine rings is 1. The molecule has 124 valence electrons. The number of aromatic carboxylic acids is 1. The first-order chi connectivity index (χ1) is 11.6. The summed E-state index contributed by atoms with van der Waals surface area (Å²) in [4.78, 5) is 29.9. The molecule has 1 unspecified atom stereocenters. The van der Waals surface area contributed by atoms with E-state index in [1.54, 1.807) is 0 Å². The van der Waals surface area contributed by atoms with Crippen molar-refractivity contribution in [3.63, 3.8) is 0 Å². The Labute approximate surface area is 140 Å². The highest BCUT2D eigenvalue weighted by Gasteiger charge is 2.29. The van der Waals surface area contributed by atoms with Gasteiger partial charge in [-0.15, -0.1) is 0 Å². The summed E-state index contributed by atoms with van der Waals surface area (Å²) >= 11 is 0. The van der Waals surface area contributed by atoms with Crippen LogP contribution in [0.5, 0.6) is 0 Å². The first-order valence-corrected chi connectivity index (χ1v) is 8.13. The molecule has 1 fully saturated rings. The van der Waals surface area contributed by atoms with Crippen LogP contribution in [0.2, 0.25) is 0 Å². The van der Waals surface area contributed by atoms with Crippen LogP contribution in [0, 0.1) is 6.92 Å². The third-order valence-electron chi connectivity index (χ3n) is 4.45. The number of aromatic nitrogens is 1. The molecule has 24 heavy (non-hydrogen) atoms. The number of likely N-dealkylation sites (tertiary alicyclic amines) is 1. The van der Waals surface area contributed by atoms with Crippen molar-refractivity contribution < 1.29 is 14.7 Å². The van der Waals surface area contributed by atoms with Crippen molar-refractivity contribution in [3.05, 3.63) is 65.0 Å². The molecule has 2 heterocycles. The summed E-state index contributed by atoms with van der Waals surface area (Å²) in [7, 11) is 0. The molecule has 0 aliphatic carbocycles. The lowest BCUT2D eigenvalue weighted by Crippen LogP contribution is -2.39. The third-order valence-corrected chi connectivity index (χ3v) is 4.45. The standard InChI is InChI=1S/C19H20N2O3/c1-13-5-7-14(8-6-13)17-4-2-3-11-21(17)18(22)16-12-15(19(23)24)9-10-20-16/h5-10,12,17H,2-4,11H2,1H3,(H,23,24). The van der Waals surface area contributed by atoms with Gasteiger partial charge in [-0.3, -0.25) is 9.78 Å². The van der Waals surface area contributed by atoms with Crippen molar-refractivity contribution in [2.75, 3.05) is 6.54 Å². The van der Waals surface area contributed by atoms with Crippen molar-refractivity contribution in [1.29, 1.82) is 0 Å². The maximum atomic E-state index is 12.9. The molecular formula is C19H20N2O3. The Morgan fingerprint density at radius 3 is 2.62 bits per heavy atom. The first-order valence-electron chi connectivity index (χ1n) is 8.13. The topological polar surface area (TPSA) is 70.5 Å². The number of aryl methyl sites for hydroxylation is 1. The van der Waals surface area contributed by atoms with E-state index in [0.717, 1.165) is 24.8 Å². The molecule has 1 N–H and O–H groups in total. The molecule has 0 radical (unpaired) electrons. The van der Waals surface area contributed by atoms with E-state index in [1.165, 1.54) is 23.9 Å². The number of pyridine rings is 1. The average molecular weight is 324 g/mol. The summed E-state index contributed by atoms with van der Waals surface area (Å²) in [5.74, 6) is -1.26. The van der Waals surface area contributed by atoms with E-state index in [9.17, 15) is 9.59 Å². The van der Waals surface area contributed by atoms with E-state index < -0.39 is 5.97 Å². The highest BCUT2D eigenvalue weighted by molar-refractivity contribution is 5.96. The molecule has 1 atom stereocenters. The van der Waals surface area contributed by atoms with Crippen molar-refractivity contribution in [2.24, 2.45) is 0 Å². The smallest absolute Gasteiger partial charge is 0.335 e. The molecular weight excluding hydrogens is 304 g/mol. The Morgan fingerprint density at radius 2 is 1.92 bits per heavy atom. The first kappa shape index (κ1) is 16.2. The second-order valence-corrected chi connectivity index (χ2v) is 6.16. The number of carboxylic acids is 1. The Balaban J connectivity index is 1.90. The quantitative estimate of drug-likeness (QED) is 0.938.